The number of ether oxygens (including phenoxy) is 1. The van der Waals surface area contributed by atoms with Gasteiger partial charge in [0.2, 0.25) is 0 Å². The Morgan fingerprint density at radius 3 is 2.38 bits per heavy atom. The van der Waals surface area contributed by atoms with Gasteiger partial charge in [0.15, 0.2) is 6.10 Å². The fourth-order valence-corrected chi connectivity index (χ4v) is 2.65. The molecular weight excluding hydrogens is 308 g/mol. The van der Waals surface area contributed by atoms with Gasteiger partial charge in [0.05, 0.1) is 5.56 Å². The first-order valence-electron chi connectivity index (χ1n) is 8.31. The van der Waals surface area contributed by atoms with Crippen molar-refractivity contribution in [2.45, 2.75) is 58.6 Å². The van der Waals surface area contributed by atoms with Crippen molar-refractivity contribution < 1.29 is 19.1 Å². The van der Waals surface area contributed by atoms with Gasteiger partial charge >= 0.3 is 12.0 Å². The molecule has 1 atom stereocenters. The minimum Gasteiger partial charge on any atom is -0.449 e. The Morgan fingerprint density at radius 1 is 1.04 bits per heavy atom. The third kappa shape index (κ3) is 4.81. The van der Waals surface area contributed by atoms with Crippen molar-refractivity contribution in [1.82, 2.24) is 10.6 Å². The van der Waals surface area contributed by atoms with E-state index in [4.69, 9.17) is 4.74 Å². The van der Waals surface area contributed by atoms with Gasteiger partial charge in [-0.15, -0.1) is 0 Å². The van der Waals surface area contributed by atoms with Gasteiger partial charge in [-0.1, -0.05) is 6.07 Å². The second-order valence-corrected chi connectivity index (χ2v) is 6.36. The molecule has 0 heterocycles. The van der Waals surface area contributed by atoms with Crippen molar-refractivity contribution in [3.8, 4) is 0 Å². The van der Waals surface area contributed by atoms with Gasteiger partial charge in [0.1, 0.15) is 0 Å². The maximum atomic E-state index is 12.2. The molecule has 1 aromatic carbocycles. The third-order valence-electron chi connectivity index (χ3n) is 3.89. The van der Waals surface area contributed by atoms with Crippen molar-refractivity contribution in [3.63, 3.8) is 0 Å². The number of hydrogen-bond acceptors (Lipinski definition) is 4. The van der Waals surface area contributed by atoms with Crippen molar-refractivity contribution >= 4 is 17.9 Å². The number of urea groups is 1. The highest BCUT2D eigenvalue weighted by Gasteiger charge is 2.22. The largest absolute Gasteiger partial charge is 0.449 e. The van der Waals surface area contributed by atoms with Gasteiger partial charge in [0, 0.05) is 6.04 Å². The van der Waals surface area contributed by atoms with Crippen LogP contribution in [0.2, 0.25) is 0 Å². The molecule has 0 unspecified atom stereocenters. The molecule has 6 heteroatoms. The van der Waals surface area contributed by atoms with E-state index < -0.39 is 24.0 Å². The lowest BCUT2D eigenvalue weighted by molar-refractivity contribution is -0.127. The Hall–Kier alpha value is -2.37. The summed E-state index contributed by atoms with van der Waals surface area (Å²) in [5.41, 5.74) is 2.87. The second kappa shape index (κ2) is 7.95. The van der Waals surface area contributed by atoms with Crippen LogP contribution in [0.15, 0.2) is 18.2 Å². The van der Waals surface area contributed by atoms with Gasteiger partial charge in [-0.3, -0.25) is 10.1 Å². The summed E-state index contributed by atoms with van der Waals surface area (Å²) in [5.74, 6) is -1.21. The molecule has 2 N–H and O–H groups in total. The summed E-state index contributed by atoms with van der Waals surface area (Å²) >= 11 is 0. The van der Waals surface area contributed by atoms with E-state index in [1.165, 1.54) is 24.5 Å². The van der Waals surface area contributed by atoms with Crippen LogP contribution in [0, 0.1) is 0 Å². The summed E-state index contributed by atoms with van der Waals surface area (Å²) in [5, 5.41) is 4.69. The fourth-order valence-electron chi connectivity index (χ4n) is 2.65. The topological polar surface area (TPSA) is 84.5 Å². The number of hydrogen-bond donors (Lipinski definition) is 2. The average molecular weight is 332 g/mol. The van der Waals surface area contributed by atoms with Crippen LogP contribution in [0.5, 0.6) is 0 Å². The van der Waals surface area contributed by atoms with Gasteiger partial charge < -0.3 is 10.1 Å². The Balaban J connectivity index is 1.93. The van der Waals surface area contributed by atoms with Crippen LogP contribution in [0.25, 0.3) is 0 Å². The van der Waals surface area contributed by atoms with E-state index in [1.807, 2.05) is 12.1 Å². The standard InChI is InChI=1S/C18H24N2O4/c1-11(2)19-18(23)20-16(21)12(3)24-17(22)15-9-8-13-6-4-5-7-14(13)10-15/h8-12H,4-7H2,1-3H3,(H2,19,20,21,23)/t12-/m0/s1. The third-order valence-corrected chi connectivity index (χ3v) is 3.89. The molecule has 0 fully saturated rings. The fraction of sp³-hybridized carbons (Fsp3) is 0.500. The van der Waals surface area contributed by atoms with Gasteiger partial charge in [0.25, 0.3) is 5.91 Å². The number of carbonyl (C=O) groups is 3. The molecule has 3 amide bonds. The van der Waals surface area contributed by atoms with Crippen LogP contribution in [-0.4, -0.2) is 30.1 Å². The first-order valence-corrected chi connectivity index (χ1v) is 8.31. The zero-order valence-electron chi connectivity index (χ0n) is 14.3. The van der Waals surface area contributed by atoms with E-state index >= 15 is 0 Å². The first kappa shape index (κ1) is 18.0. The normalized spacial score (nSPS) is 14.5. The van der Waals surface area contributed by atoms with Gasteiger partial charge in [-0.25, -0.2) is 9.59 Å². The predicted molar refractivity (Wildman–Crippen MR) is 89.8 cm³/mol. The predicted octanol–water partition coefficient (Wildman–Crippen LogP) is 2.34. The van der Waals surface area contributed by atoms with Crippen molar-refractivity contribution in [2.75, 3.05) is 0 Å². The highest BCUT2D eigenvalue weighted by molar-refractivity contribution is 5.98. The molecule has 1 aromatic rings. The summed E-state index contributed by atoms with van der Waals surface area (Å²) in [7, 11) is 0. The number of esters is 1. The number of imide groups is 1. The van der Waals surface area contributed by atoms with E-state index in [-0.39, 0.29) is 6.04 Å². The number of aryl methyl sites for hydroxylation is 2. The van der Waals surface area contributed by atoms with Crippen molar-refractivity contribution in [2.24, 2.45) is 0 Å². The van der Waals surface area contributed by atoms with Gasteiger partial charge in [-0.05, 0) is 69.7 Å². The average Bonchev–Trinajstić information content (AvgIpc) is 2.53. The van der Waals surface area contributed by atoms with E-state index in [9.17, 15) is 14.4 Å². The zero-order chi connectivity index (χ0) is 17.7. The van der Waals surface area contributed by atoms with Crippen molar-refractivity contribution in [1.29, 1.82) is 0 Å². The number of rotatable bonds is 4. The first-order chi connectivity index (χ1) is 11.4. The Kier molecular flexibility index (Phi) is 5.95. The van der Waals surface area contributed by atoms with Crippen LogP contribution >= 0.6 is 0 Å². The molecule has 0 saturated carbocycles. The molecule has 24 heavy (non-hydrogen) atoms. The Labute approximate surface area is 142 Å². The molecule has 0 radical (unpaired) electrons. The minimum absolute atomic E-state index is 0.0915. The van der Waals surface area contributed by atoms with Gasteiger partial charge in [-0.2, -0.15) is 0 Å². The summed E-state index contributed by atoms with van der Waals surface area (Å²) in [6.07, 6.45) is 3.24. The highest BCUT2D eigenvalue weighted by atomic mass is 16.5. The minimum atomic E-state index is -1.05. The van der Waals surface area contributed by atoms with E-state index in [0.717, 1.165) is 19.3 Å². The van der Waals surface area contributed by atoms with Crippen LogP contribution in [0.4, 0.5) is 4.79 Å². The molecular formula is C18H24N2O4. The Bertz CT molecular complexity index is 640. The molecule has 130 valence electrons. The smallest absolute Gasteiger partial charge is 0.338 e. The number of carbonyl (C=O) groups excluding carboxylic acids is 3. The molecule has 0 saturated heterocycles. The van der Waals surface area contributed by atoms with E-state index in [0.29, 0.717) is 5.56 Å². The molecule has 6 nitrogen and oxygen atoms in total. The van der Waals surface area contributed by atoms with Crippen LogP contribution in [-0.2, 0) is 22.4 Å². The summed E-state index contributed by atoms with van der Waals surface area (Å²) in [4.78, 5) is 35.6. The summed E-state index contributed by atoms with van der Waals surface area (Å²) in [6.45, 7) is 5.00. The lowest BCUT2D eigenvalue weighted by Gasteiger charge is -2.17. The van der Waals surface area contributed by atoms with E-state index in [1.54, 1.807) is 19.9 Å². The molecule has 1 aliphatic rings. The Morgan fingerprint density at radius 2 is 1.71 bits per heavy atom. The van der Waals surface area contributed by atoms with E-state index in [2.05, 4.69) is 10.6 Å². The quantitative estimate of drug-likeness (QED) is 0.829. The lowest BCUT2D eigenvalue weighted by Crippen LogP contribution is -2.46. The highest BCUT2D eigenvalue weighted by Crippen LogP contribution is 2.22. The molecule has 0 aromatic heterocycles. The zero-order valence-corrected chi connectivity index (χ0v) is 14.3. The van der Waals surface area contributed by atoms with Crippen LogP contribution in [0.1, 0.15) is 55.1 Å². The number of nitrogens with one attached hydrogen (secondary N) is 2. The molecule has 0 aliphatic heterocycles. The number of amides is 3. The number of benzene rings is 1. The van der Waals surface area contributed by atoms with Crippen LogP contribution < -0.4 is 10.6 Å². The maximum absolute atomic E-state index is 12.2. The lowest BCUT2D eigenvalue weighted by atomic mass is 9.90. The maximum Gasteiger partial charge on any atom is 0.338 e. The molecule has 2 rings (SSSR count). The monoisotopic (exact) mass is 332 g/mol. The van der Waals surface area contributed by atoms with Crippen LogP contribution in [0.3, 0.4) is 0 Å². The molecule has 1 aliphatic carbocycles. The second-order valence-electron chi connectivity index (χ2n) is 6.36. The van der Waals surface area contributed by atoms with Crippen molar-refractivity contribution in [3.05, 3.63) is 34.9 Å². The number of fused-ring (bicyclic) bond motifs is 1. The molecule has 0 bridgehead atoms. The SMILES string of the molecule is CC(C)NC(=O)NC(=O)[C@H](C)OC(=O)c1ccc2c(c1)CCCC2. The molecule has 0 spiro atoms. The summed E-state index contributed by atoms with van der Waals surface area (Å²) in [6, 6.07) is 4.82. The summed E-state index contributed by atoms with van der Waals surface area (Å²) < 4.78 is 5.16.